The van der Waals surface area contributed by atoms with Gasteiger partial charge in [0.05, 0.1) is 6.07 Å². The zero-order chi connectivity index (χ0) is 19.3. The van der Waals surface area contributed by atoms with Gasteiger partial charge in [0.1, 0.15) is 5.54 Å². The summed E-state index contributed by atoms with van der Waals surface area (Å²) in [6.45, 7) is 11.7. The average molecular weight is 351 g/mol. The fourth-order valence-corrected chi connectivity index (χ4v) is 3.28. The van der Waals surface area contributed by atoms with Crippen LogP contribution in [0.15, 0.2) is 0 Å². The molecule has 2 amide bonds. The fraction of sp³-hybridized carbons (Fsp3) is 0.842. The molecule has 0 aromatic heterocycles. The van der Waals surface area contributed by atoms with Gasteiger partial charge in [0.15, 0.2) is 0 Å². The average Bonchev–Trinajstić information content (AvgIpc) is 2.57. The summed E-state index contributed by atoms with van der Waals surface area (Å²) in [5, 5.41) is 13.0. The van der Waals surface area contributed by atoms with Gasteiger partial charge in [-0.1, -0.05) is 34.6 Å². The van der Waals surface area contributed by atoms with E-state index >= 15 is 0 Å². The van der Waals surface area contributed by atoms with Gasteiger partial charge in [-0.05, 0) is 44.2 Å². The third kappa shape index (κ3) is 4.52. The Labute approximate surface area is 152 Å². The van der Waals surface area contributed by atoms with Gasteiger partial charge in [-0.3, -0.25) is 9.59 Å². The number of nitrogens with two attached hydrogens (primary N) is 1. The maximum Gasteiger partial charge on any atom is 0.223 e. The molecule has 142 valence electrons. The molecule has 0 radical (unpaired) electrons. The number of amides is 2. The number of nitriles is 1. The monoisotopic (exact) mass is 350 g/mol. The number of piperidine rings is 1. The van der Waals surface area contributed by atoms with Crippen molar-refractivity contribution in [2.24, 2.45) is 16.6 Å². The van der Waals surface area contributed by atoms with Crippen molar-refractivity contribution in [1.29, 1.82) is 5.26 Å². The van der Waals surface area contributed by atoms with Gasteiger partial charge >= 0.3 is 0 Å². The molecular formula is C19H34N4O2. The lowest BCUT2D eigenvalue weighted by molar-refractivity contribution is -0.140. The fourth-order valence-electron chi connectivity index (χ4n) is 3.28. The number of carbonyl (C=O) groups is 2. The predicted molar refractivity (Wildman–Crippen MR) is 98.4 cm³/mol. The van der Waals surface area contributed by atoms with Gasteiger partial charge in [0.25, 0.3) is 0 Å². The van der Waals surface area contributed by atoms with Crippen LogP contribution in [0.1, 0.15) is 66.7 Å². The van der Waals surface area contributed by atoms with Gasteiger partial charge in [-0.2, -0.15) is 5.26 Å². The molecule has 0 saturated carbocycles. The van der Waals surface area contributed by atoms with Crippen molar-refractivity contribution >= 4 is 11.8 Å². The number of nitrogens with zero attached hydrogens (tertiary/aromatic N) is 2. The molecule has 1 saturated heterocycles. The molecule has 0 atom stereocenters. The minimum atomic E-state index is -0.707. The number of hydrogen-bond donors (Lipinski definition) is 2. The third-order valence-electron chi connectivity index (χ3n) is 6.18. The highest BCUT2D eigenvalue weighted by atomic mass is 16.2. The number of nitrogens with one attached hydrogen (secondary N) is 1. The number of rotatable bonds is 8. The Morgan fingerprint density at radius 2 is 1.80 bits per heavy atom. The molecule has 0 unspecified atom stereocenters. The van der Waals surface area contributed by atoms with Crippen molar-refractivity contribution < 1.29 is 9.59 Å². The second-order valence-corrected chi connectivity index (χ2v) is 8.31. The van der Waals surface area contributed by atoms with Crippen molar-refractivity contribution in [3.05, 3.63) is 0 Å². The molecule has 6 heteroatoms. The highest BCUT2D eigenvalue weighted by molar-refractivity contribution is 5.81. The maximum atomic E-state index is 13.0. The largest absolute Gasteiger partial charge is 0.369 e. The lowest BCUT2D eigenvalue weighted by Crippen LogP contribution is -2.56. The Hall–Kier alpha value is -1.61. The SMILES string of the molecule is CCCN(C(=O)CCC(C)(C)C(C)(C)C(N)=O)C1(C#N)CCNCC1. The topological polar surface area (TPSA) is 99.2 Å². The lowest BCUT2D eigenvalue weighted by Gasteiger charge is -2.43. The summed E-state index contributed by atoms with van der Waals surface area (Å²) in [4.78, 5) is 26.5. The predicted octanol–water partition coefficient (Wildman–Crippen LogP) is 2.19. The summed E-state index contributed by atoms with van der Waals surface area (Å²) in [7, 11) is 0. The first kappa shape index (κ1) is 21.4. The highest BCUT2D eigenvalue weighted by Crippen LogP contribution is 2.42. The first-order chi connectivity index (χ1) is 11.5. The van der Waals surface area contributed by atoms with Crippen molar-refractivity contribution in [1.82, 2.24) is 10.2 Å². The molecule has 1 heterocycles. The van der Waals surface area contributed by atoms with E-state index in [2.05, 4.69) is 11.4 Å². The zero-order valence-electron chi connectivity index (χ0n) is 16.4. The van der Waals surface area contributed by atoms with Crippen molar-refractivity contribution in [3.63, 3.8) is 0 Å². The Bertz CT molecular complexity index is 528. The molecule has 0 aromatic rings. The third-order valence-corrected chi connectivity index (χ3v) is 6.18. The van der Waals surface area contributed by atoms with E-state index < -0.39 is 16.4 Å². The number of hydrogen-bond acceptors (Lipinski definition) is 4. The molecule has 1 rings (SSSR count). The first-order valence-electron chi connectivity index (χ1n) is 9.26. The molecule has 25 heavy (non-hydrogen) atoms. The summed E-state index contributed by atoms with van der Waals surface area (Å²) in [5.41, 5.74) is 3.73. The summed E-state index contributed by atoms with van der Waals surface area (Å²) in [6.07, 6.45) is 3.01. The van der Waals surface area contributed by atoms with Crippen LogP contribution in [0.4, 0.5) is 0 Å². The standard InChI is InChI=1S/C19H34N4O2/c1-6-13-23(19(14-20)9-11-22-12-10-19)15(24)7-8-17(2,3)18(4,5)16(21)25/h22H,6-13H2,1-5H3,(H2,21,25). The summed E-state index contributed by atoms with van der Waals surface area (Å²) < 4.78 is 0. The van der Waals surface area contributed by atoms with Gasteiger partial charge in [-0.15, -0.1) is 0 Å². The Morgan fingerprint density at radius 3 is 2.24 bits per heavy atom. The van der Waals surface area contributed by atoms with E-state index in [1.54, 1.807) is 4.90 Å². The second-order valence-electron chi connectivity index (χ2n) is 8.31. The molecule has 1 fully saturated rings. The minimum absolute atomic E-state index is 0.00125. The Morgan fingerprint density at radius 1 is 1.24 bits per heavy atom. The molecule has 1 aliphatic rings. The minimum Gasteiger partial charge on any atom is -0.369 e. The quantitative estimate of drug-likeness (QED) is 0.701. The maximum absolute atomic E-state index is 13.0. The van der Waals surface area contributed by atoms with Gasteiger partial charge in [0.2, 0.25) is 11.8 Å². The molecular weight excluding hydrogens is 316 g/mol. The Kier molecular flexibility index (Phi) is 7.01. The van der Waals surface area contributed by atoms with E-state index in [0.29, 0.717) is 32.2 Å². The van der Waals surface area contributed by atoms with E-state index in [1.807, 2.05) is 34.6 Å². The van der Waals surface area contributed by atoms with Gasteiger partial charge in [0, 0.05) is 18.4 Å². The van der Waals surface area contributed by atoms with Crippen LogP contribution in [0, 0.1) is 22.2 Å². The van der Waals surface area contributed by atoms with E-state index in [4.69, 9.17) is 5.73 Å². The summed E-state index contributed by atoms with van der Waals surface area (Å²) in [5.74, 6) is -0.360. The van der Waals surface area contributed by atoms with E-state index in [9.17, 15) is 14.9 Å². The van der Waals surface area contributed by atoms with Crippen LogP contribution >= 0.6 is 0 Å². The van der Waals surface area contributed by atoms with Crippen LogP contribution in [0.2, 0.25) is 0 Å². The molecule has 0 spiro atoms. The molecule has 0 bridgehead atoms. The van der Waals surface area contributed by atoms with Crippen LogP contribution in [0.25, 0.3) is 0 Å². The Balaban J connectivity index is 2.91. The van der Waals surface area contributed by atoms with Crippen LogP contribution in [0.5, 0.6) is 0 Å². The number of carbonyl (C=O) groups excluding carboxylic acids is 2. The zero-order valence-corrected chi connectivity index (χ0v) is 16.4. The molecule has 0 aromatic carbocycles. The van der Waals surface area contributed by atoms with E-state index in [-0.39, 0.29) is 11.8 Å². The van der Waals surface area contributed by atoms with Crippen LogP contribution in [0.3, 0.4) is 0 Å². The van der Waals surface area contributed by atoms with Crippen molar-refractivity contribution in [2.45, 2.75) is 72.3 Å². The summed E-state index contributed by atoms with van der Waals surface area (Å²) in [6, 6.07) is 2.42. The van der Waals surface area contributed by atoms with E-state index in [1.165, 1.54) is 0 Å². The normalized spacial score (nSPS) is 17.6. The van der Waals surface area contributed by atoms with E-state index in [0.717, 1.165) is 19.5 Å². The van der Waals surface area contributed by atoms with Gasteiger partial charge < -0.3 is 16.0 Å². The molecule has 1 aliphatic heterocycles. The lowest BCUT2D eigenvalue weighted by atomic mass is 9.65. The van der Waals surface area contributed by atoms with Crippen molar-refractivity contribution in [2.75, 3.05) is 19.6 Å². The van der Waals surface area contributed by atoms with Crippen molar-refractivity contribution in [3.8, 4) is 6.07 Å². The smallest absolute Gasteiger partial charge is 0.223 e. The summed E-state index contributed by atoms with van der Waals surface area (Å²) >= 11 is 0. The molecule has 3 N–H and O–H groups in total. The highest BCUT2D eigenvalue weighted by Gasteiger charge is 2.44. The number of primary amides is 1. The van der Waals surface area contributed by atoms with Crippen LogP contribution < -0.4 is 11.1 Å². The van der Waals surface area contributed by atoms with Crippen LogP contribution in [-0.4, -0.2) is 41.9 Å². The second kappa shape index (κ2) is 8.18. The van der Waals surface area contributed by atoms with Crippen LogP contribution in [-0.2, 0) is 9.59 Å². The molecule has 6 nitrogen and oxygen atoms in total. The first-order valence-corrected chi connectivity index (χ1v) is 9.26. The molecule has 0 aliphatic carbocycles. The van der Waals surface area contributed by atoms with Gasteiger partial charge in [-0.25, -0.2) is 0 Å².